The minimum atomic E-state index is -0.176. The summed E-state index contributed by atoms with van der Waals surface area (Å²) in [6.45, 7) is 6.24. The average molecular weight is 289 g/mol. The van der Waals surface area contributed by atoms with Gasteiger partial charge in [0.25, 0.3) is 5.91 Å². The molecule has 0 atom stereocenters. The number of aromatic nitrogens is 1. The van der Waals surface area contributed by atoms with Crippen LogP contribution in [0.3, 0.4) is 0 Å². The number of pyridine rings is 1. The fourth-order valence-corrected chi connectivity index (χ4v) is 2.15. The highest BCUT2D eigenvalue weighted by Gasteiger charge is 2.21. The summed E-state index contributed by atoms with van der Waals surface area (Å²) in [5, 5.41) is 3.32. The number of hydrogen-bond donors (Lipinski definition) is 1. The molecule has 0 aliphatic rings. The maximum Gasteiger partial charge on any atom is 0.257 e. The second-order valence-corrected chi connectivity index (χ2v) is 6.05. The predicted octanol–water partition coefficient (Wildman–Crippen LogP) is 4.28. The van der Waals surface area contributed by atoms with Crippen molar-refractivity contribution in [1.82, 2.24) is 4.98 Å². The van der Waals surface area contributed by atoms with Crippen molar-refractivity contribution < 1.29 is 4.79 Å². The van der Waals surface area contributed by atoms with Crippen molar-refractivity contribution in [3.63, 3.8) is 0 Å². The van der Waals surface area contributed by atoms with Gasteiger partial charge in [0.1, 0.15) is 5.82 Å². The standard InChI is InChI=1S/C16H17ClN2O/c1-16(2,3)13-7-5-4-6-12(13)15(20)19-14-10-11(17)8-9-18-14/h4-10H,1-3H3,(H,18,19,20). The maximum atomic E-state index is 12.4. The van der Waals surface area contributed by atoms with E-state index in [1.165, 1.54) is 0 Å². The Labute approximate surface area is 124 Å². The molecule has 2 rings (SSSR count). The van der Waals surface area contributed by atoms with Gasteiger partial charge < -0.3 is 5.32 Å². The molecular formula is C16H17ClN2O. The normalized spacial score (nSPS) is 11.2. The van der Waals surface area contributed by atoms with Gasteiger partial charge in [-0.15, -0.1) is 0 Å². The van der Waals surface area contributed by atoms with E-state index in [1.807, 2.05) is 24.3 Å². The zero-order valence-electron chi connectivity index (χ0n) is 11.8. The number of rotatable bonds is 2. The molecule has 0 saturated carbocycles. The quantitative estimate of drug-likeness (QED) is 0.896. The third kappa shape index (κ3) is 3.36. The van der Waals surface area contributed by atoms with E-state index in [0.717, 1.165) is 5.56 Å². The number of carbonyl (C=O) groups excluding carboxylic acids is 1. The summed E-state index contributed by atoms with van der Waals surface area (Å²) in [4.78, 5) is 16.5. The molecule has 0 spiro atoms. The Bertz CT molecular complexity index is 632. The predicted molar refractivity (Wildman–Crippen MR) is 82.3 cm³/mol. The van der Waals surface area contributed by atoms with Gasteiger partial charge in [-0.2, -0.15) is 0 Å². The first kappa shape index (κ1) is 14.5. The number of carbonyl (C=O) groups is 1. The van der Waals surface area contributed by atoms with Gasteiger partial charge in [0.05, 0.1) is 0 Å². The molecule has 0 unspecified atom stereocenters. The van der Waals surface area contributed by atoms with Gasteiger partial charge in [-0.05, 0) is 29.2 Å². The highest BCUT2D eigenvalue weighted by atomic mass is 35.5. The van der Waals surface area contributed by atoms with Gasteiger partial charge in [-0.3, -0.25) is 4.79 Å². The summed E-state index contributed by atoms with van der Waals surface area (Å²) >= 11 is 5.89. The molecule has 2 aromatic rings. The van der Waals surface area contributed by atoms with Crippen LogP contribution in [0.15, 0.2) is 42.6 Å². The molecule has 104 valence electrons. The molecular weight excluding hydrogens is 272 g/mol. The zero-order valence-corrected chi connectivity index (χ0v) is 12.5. The van der Waals surface area contributed by atoms with Crippen molar-refractivity contribution in [2.75, 3.05) is 5.32 Å². The molecule has 1 aromatic heterocycles. The van der Waals surface area contributed by atoms with Gasteiger partial charge in [-0.1, -0.05) is 50.6 Å². The molecule has 0 fully saturated rings. The molecule has 0 aliphatic heterocycles. The van der Waals surface area contributed by atoms with Crippen LogP contribution in [-0.4, -0.2) is 10.9 Å². The monoisotopic (exact) mass is 288 g/mol. The molecule has 4 heteroatoms. The number of halogens is 1. The lowest BCUT2D eigenvalue weighted by molar-refractivity contribution is 0.102. The number of nitrogens with one attached hydrogen (secondary N) is 1. The van der Waals surface area contributed by atoms with Crippen molar-refractivity contribution in [2.45, 2.75) is 26.2 Å². The molecule has 20 heavy (non-hydrogen) atoms. The van der Waals surface area contributed by atoms with E-state index >= 15 is 0 Å². The summed E-state index contributed by atoms with van der Waals surface area (Å²) in [5.74, 6) is 0.275. The highest BCUT2D eigenvalue weighted by Crippen LogP contribution is 2.26. The van der Waals surface area contributed by atoms with Gasteiger partial charge >= 0.3 is 0 Å². The lowest BCUT2D eigenvalue weighted by Crippen LogP contribution is -2.21. The number of nitrogens with zero attached hydrogens (tertiary/aromatic N) is 1. The Morgan fingerprint density at radius 3 is 2.55 bits per heavy atom. The largest absolute Gasteiger partial charge is 0.307 e. The van der Waals surface area contributed by atoms with E-state index in [4.69, 9.17) is 11.6 Å². The molecule has 0 saturated heterocycles. The van der Waals surface area contributed by atoms with Crippen LogP contribution in [0.1, 0.15) is 36.7 Å². The Morgan fingerprint density at radius 2 is 1.90 bits per heavy atom. The number of benzene rings is 1. The summed E-state index contributed by atoms with van der Waals surface area (Å²) < 4.78 is 0. The first-order valence-electron chi connectivity index (χ1n) is 6.40. The average Bonchev–Trinajstić information content (AvgIpc) is 2.37. The molecule has 0 aliphatic carbocycles. The van der Waals surface area contributed by atoms with Gasteiger partial charge in [-0.25, -0.2) is 4.98 Å². The molecule has 3 nitrogen and oxygen atoms in total. The summed E-state index contributed by atoms with van der Waals surface area (Å²) in [5.41, 5.74) is 1.55. The first-order valence-corrected chi connectivity index (χ1v) is 6.78. The zero-order chi connectivity index (χ0) is 14.8. The summed E-state index contributed by atoms with van der Waals surface area (Å²) in [7, 11) is 0. The van der Waals surface area contributed by atoms with Crippen molar-refractivity contribution >= 4 is 23.3 Å². The number of hydrogen-bond acceptors (Lipinski definition) is 2. The van der Waals surface area contributed by atoms with Gasteiger partial charge in [0.15, 0.2) is 0 Å². The van der Waals surface area contributed by atoms with Crippen molar-refractivity contribution in [1.29, 1.82) is 0 Å². The first-order chi connectivity index (χ1) is 9.38. The van der Waals surface area contributed by atoms with E-state index < -0.39 is 0 Å². The fraction of sp³-hybridized carbons (Fsp3) is 0.250. The Hall–Kier alpha value is -1.87. The Balaban J connectivity index is 2.31. The Morgan fingerprint density at radius 1 is 1.20 bits per heavy atom. The lowest BCUT2D eigenvalue weighted by Gasteiger charge is -2.22. The minimum Gasteiger partial charge on any atom is -0.307 e. The second-order valence-electron chi connectivity index (χ2n) is 5.61. The molecule has 0 radical (unpaired) electrons. The van der Waals surface area contributed by atoms with E-state index in [1.54, 1.807) is 18.3 Å². The van der Waals surface area contributed by atoms with Crippen LogP contribution in [0, 0.1) is 0 Å². The molecule has 1 amide bonds. The van der Waals surface area contributed by atoms with Gasteiger partial charge in [0, 0.05) is 16.8 Å². The molecule has 1 aromatic carbocycles. The van der Waals surface area contributed by atoms with Crippen molar-refractivity contribution in [3.05, 3.63) is 58.7 Å². The topological polar surface area (TPSA) is 42.0 Å². The SMILES string of the molecule is CC(C)(C)c1ccccc1C(=O)Nc1cc(Cl)ccn1. The minimum absolute atomic E-state index is 0.101. The van der Waals surface area contributed by atoms with E-state index in [9.17, 15) is 4.79 Å². The number of amides is 1. The van der Waals surface area contributed by atoms with E-state index in [2.05, 4.69) is 31.1 Å². The molecule has 1 N–H and O–H groups in total. The smallest absolute Gasteiger partial charge is 0.257 e. The van der Waals surface area contributed by atoms with Gasteiger partial charge in [0.2, 0.25) is 0 Å². The van der Waals surface area contributed by atoms with E-state index in [-0.39, 0.29) is 11.3 Å². The maximum absolute atomic E-state index is 12.4. The summed E-state index contributed by atoms with van der Waals surface area (Å²) in [6.07, 6.45) is 1.56. The van der Waals surface area contributed by atoms with Crippen LogP contribution in [0.4, 0.5) is 5.82 Å². The van der Waals surface area contributed by atoms with Crippen molar-refractivity contribution in [3.8, 4) is 0 Å². The van der Waals surface area contributed by atoms with Crippen LogP contribution in [-0.2, 0) is 5.41 Å². The Kier molecular flexibility index (Phi) is 4.09. The summed E-state index contributed by atoms with van der Waals surface area (Å²) in [6, 6.07) is 10.9. The van der Waals surface area contributed by atoms with Crippen molar-refractivity contribution in [2.24, 2.45) is 0 Å². The fourth-order valence-electron chi connectivity index (χ4n) is 1.99. The number of anilines is 1. The van der Waals surface area contributed by atoms with Crippen LogP contribution in [0.5, 0.6) is 0 Å². The lowest BCUT2D eigenvalue weighted by atomic mass is 9.83. The molecule has 0 bridgehead atoms. The van der Waals surface area contributed by atoms with E-state index in [0.29, 0.717) is 16.4 Å². The van der Waals surface area contributed by atoms with Crippen LogP contribution in [0.2, 0.25) is 5.02 Å². The highest BCUT2D eigenvalue weighted by molar-refractivity contribution is 6.30. The second kappa shape index (κ2) is 5.63. The third-order valence-corrected chi connectivity index (χ3v) is 3.18. The van der Waals surface area contributed by atoms with Crippen LogP contribution >= 0.6 is 11.6 Å². The van der Waals surface area contributed by atoms with Crippen LogP contribution in [0.25, 0.3) is 0 Å². The third-order valence-electron chi connectivity index (χ3n) is 2.94. The van der Waals surface area contributed by atoms with Crippen LogP contribution < -0.4 is 5.32 Å². The molecule has 1 heterocycles.